The number of likely N-dealkylation sites (tertiary alicyclic amines) is 1. The van der Waals surface area contributed by atoms with Crippen molar-refractivity contribution >= 4 is 17.5 Å². The van der Waals surface area contributed by atoms with Crippen LogP contribution in [0.1, 0.15) is 26.2 Å². The van der Waals surface area contributed by atoms with Crippen LogP contribution in [-0.4, -0.2) is 43.0 Å². The van der Waals surface area contributed by atoms with Gasteiger partial charge in [-0.15, -0.1) is 0 Å². The van der Waals surface area contributed by atoms with Gasteiger partial charge in [0.1, 0.15) is 13.2 Å². The minimum Gasteiger partial charge on any atom is -0.486 e. The van der Waals surface area contributed by atoms with Gasteiger partial charge in [-0.25, -0.2) is 0 Å². The summed E-state index contributed by atoms with van der Waals surface area (Å²) >= 11 is 0. The predicted octanol–water partition coefficient (Wildman–Crippen LogP) is 2.04. The highest BCUT2D eigenvalue weighted by atomic mass is 16.6. The molecule has 23 heavy (non-hydrogen) atoms. The number of hydrogen-bond donors (Lipinski definition) is 1. The smallest absolute Gasteiger partial charge is 0.229 e. The molecular weight excluding hydrogens is 296 g/mol. The Labute approximate surface area is 135 Å². The molecule has 1 unspecified atom stereocenters. The number of nitrogens with zero attached hydrogens (tertiary/aromatic N) is 1. The molecule has 1 saturated heterocycles. The lowest BCUT2D eigenvalue weighted by Crippen LogP contribution is -2.29. The number of unbranched alkanes of at least 4 members (excludes halogenated alkanes) is 1. The molecule has 124 valence electrons. The first-order valence-corrected chi connectivity index (χ1v) is 8.15. The summed E-state index contributed by atoms with van der Waals surface area (Å²) in [7, 11) is 0. The highest BCUT2D eigenvalue weighted by Crippen LogP contribution is 2.33. The summed E-state index contributed by atoms with van der Waals surface area (Å²) in [5.74, 6) is 1.000. The molecule has 1 N–H and O–H groups in total. The van der Waals surface area contributed by atoms with E-state index in [0.29, 0.717) is 43.4 Å². The number of ether oxygens (including phenoxy) is 2. The zero-order chi connectivity index (χ0) is 16.2. The highest BCUT2D eigenvalue weighted by molar-refractivity contribution is 5.97. The van der Waals surface area contributed by atoms with Gasteiger partial charge in [0.25, 0.3) is 0 Å². The van der Waals surface area contributed by atoms with Gasteiger partial charge in [0.05, 0.1) is 5.92 Å². The van der Waals surface area contributed by atoms with Gasteiger partial charge in [-0.1, -0.05) is 13.3 Å². The molecule has 3 rings (SSSR count). The number of fused-ring (bicyclic) bond motifs is 1. The maximum Gasteiger partial charge on any atom is 0.229 e. The molecule has 0 bridgehead atoms. The van der Waals surface area contributed by atoms with Crippen LogP contribution in [0.5, 0.6) is 11.5 Å². The van der Waals surface area contributed by atoms with Crippen molar-refractivity contribution in [2.45, 2.75) is 26.2 Å². The molecule has 2 aliphatic heterocycles. The summed E-state index contributed by atoms with van der Waals surface area (Å²) in [5, 5.41) is 2.88. The monoisotopic (exact) mass is 318 g/mol. The maximum atomic E-state index is 12.4. The van der Waals surface area contributed by atoms with E-state index in [0.717, 1.165) is 19.4 Å². The lowest BCUT2D eigenvalue weighted by atomic mass is 10.1. The fourth-order valence-corrected chi connectivity index (χ4v) is 2.88. The van der Waals surface area contributed by atoms with Crippen LogP contribution < -0.4 is 14.8 Å². The van der Waals surface area contributed by atoms with E-state index in [2.05, 4.69) is 12.2 Å². The van der Waals surface area contributed by atoms with Crippen LogP contribution in [-0.2, 0) is 9.59 Å². The van der Waals surface area contributed by atoms with Crippen LogP contribution in [0.4, 0.5) is 5.69 Å². The Morgan fingerprint density at radius 2 is 2.09 bits per heavy atom. The van der Waals surface area contributed by atoms with Crippen LogP contribution in [0, 0.1) is 5.92 Å². The van der Waals surface area contributed by atoms with Crippen LogP contribution in [0.25, 0.3) is 0 Å². The number of anilines is 1. The van der Waals surface area contributed by atoms with Crippen molar-refractivity contribution in [1.29, 1.82) is 0 Å². The number of nitrogens with one attached hydrogen (secondary N) is 1. The van der Waals surface area contributed by atoms with E-state index in [1.807, 2.05) is 0 Å². The predicted molar refractivity (Wildman–Crippen MR) is 85.7 cm³/mol. The number of rotatable bonds is 5. The van der Waals surface area contributed by atoms with Gasteiger partial charge in [-0.2, -0.15) is 0 Å². The Balaban J connectivity index is 1.60. The highest BCUT2D eigenvalue weighted by Gasteiger charge is 2.33. The van der Waals surface area contributed by atoms with Gasteiger partial charge in [0.2, 0.25) is 11.8 Å². The quantitative estimate of drug-likeness (QED) is 0.902. The number of carbonyl (C=O) groups is 2. The zero-order valence-electron chi connectivity index (χ0n) is 13.3. The summed E-state index contributed by atoms with van der Waals surface area (Å²) in [6.07, 6.45) is 2.31. The minimum atomic E-state index is -0.285. The second-order valence-electron chi connectivity index (χ2n) is 5.94. The maximum absolute atomic E-state index is 12.4. The third-order valence-electron chi connectivity index (χ3n) is 4.18. The Hall–Kier alpha value is -2.24. The van der Waals surface area contributed by atoms with Crippen molar-refractivity contribution in [3.05, 3.63) is 18.2 Å². The topological polar surface area (TPSA) is 67.9 Å². The molecule has 1 aromatic rings. The van der Waals surface area contributed by atoms with Crippen molar-refractivity contribution in [2.24, 2.45) is 5.92 Å². The standard InChI is InChI=1S/C17H22N2O4/c1-2-3-6-19-11-12(9-16(19)20)17(21)18-13-4-5-14-15(10-13)23-8-7-22-14/h4-5,10,12H,2-3,6-9,11H2,1H3,(H,18,21). The van der Waals surface area contributed by atoms with Crippen molar-refractivity contribution in [2.75, 3.05) is 31.6 Å². The van der Waals surface area contributed by atoms with E-state index in [9.17, 15) is 9.59 Å². The average molecular weight is 318 g/mol. The van der Waals surface area contributed by atoms with Crippen molar-refractivity contribution < 1.29 is 19.1 Å². The molecule has 6 heteroatoms. The molecule has 2 amide bonds. The van der Waals surface area contributed by atoms with E-state index in [1.54, 1.807) is 23.1 Å². The molecule has 1 fully saturated rings. The first-order chi connectivity index (χ1) is 11.2. The van der Waals surface area contributed by atoms with E-state index in [1.165, 1.54) is 0 Å². The fourth-order valence-electron chi connectivity index (χ4n) is 2.88. The molecule has 0 saturated carbocycles. The summed E-state index contributed by atoms with van der Waals surface area (Å²) in [6, 6.07) is 5.34. The zero-order valence-corrected chi connectivity index (χ0v) is 13.3. The Bertz CT molecular complexity index is 602. The molecule has 2 aliphatic rings. The lowest BCUT2D eigenvalue weighted by Gasteiger charge is -2.19. The molecule has 0 aromatic heterocycles. The minimum absolute atomic E-state index is 0.0702. The summed E-state index contributed by atoms with van der Waals surface area (Å²) < 4.78 is 11.0. The van der Waals surface area contributed by atoms with Crippen molar-refractivity contribution in [3.8, 4) is 11.5 Å². The first-order valence-electron chi connectivity index (χ1n) is 8.15. The second kappa shape index (κ2) is 6.89. The molecule has 0 spiro atoms. The van der Waals surface area contributed by atoms with Crippen molar-refractivity contribution in [1.82, 2.24) is 4.90 Å². The van der Waals surface area contributed by atoms with Gasteiger partial charge >= 0.3 is 0 Å². The molecule has 0 aliphatic carbocycles. The van der Waals surface area contributed by atoms with Crippen molar-refractivity contribution in [3.63, 3.8) is 0 Å². The largest absolute Gasteiger partial charge is 0.486 e. The van der Waals surface area contributed by atoms with E-state index < -0.39 is 0 Å². The van der Waals surface area contributed by atoms with Gasteiger partial charge in [-0.05, 0) is 18.6 Å². The van der Waals surface area contributed by atoms with Crippen LogP contribution in [0.15, 0.2) is 18.2 Å². The third kappa shape index (κ3) is 3.57. The molecule has 2 heterocycles. The van der Waals surface area contributed by atoms with Gasteiger partial charge in [0, 0.05) is 31.3 Å². The Morgan fingerprint density at radius 1 is 1.30 bits per heavy atom. The Kier molecular flexibility index (Phi) is 4.69. The third-order valence-corrected chi connectivity index (χ3v) is 4.18. The second-order valence-corrected chi connectivity index (χ2v) is 5.94. The number of hydrogen-bond acceptors (Lipinski definition) is 4. The molecular formula is C17H22N2O4. The molecule has 1 aromatic carbocycles. The number of amides is 2. The normalized spacial score (nSPS) is 19.8. The first kappa shape index (κ1) is 15.6. The molecule has 0 radical (unpaired) electrons. The summed E-state index contributed by atoms with van der Waals surface area (Å²) in [4.78, 5) is 26.1. The number of carbonyl (C=O) groups excluding carboxylic acids is 2. The van der Waals surface area contributed by atoms with E-state index >= 15 is 0 Å². The van der Waals surface area contributed by atoms with Crippen LogP contribution >= 0.6 is 0 Å². The van der Waals surface area contributed by atoms with Crippen LogP contribution in [0.3, 0.4) is 0 Å². The SMILES string of the molecule is CCCCN1CC(C(=O)Nc2ccc3c(c2)OCCO3)CC1=O. The van der Waals surface area contributed by atoms with Gasteiger partial charge in [0.15, 0.2) is 11.5 Å². The molecule has 6 nitrogen and oxygen atoms in total. The number of benzene rings is 1. The van der Waals surface area contributed by atoms with E-state index in [-0.39, 0.29) is 17.7 Å². The lowest BCUT2D eigenvalue weighted by molar-refractivity contribution is -0.128. The van der Waals surface area contributed by atoms with E-state index in [4.69, 9.17) is 9.47 Å². The fraction of sp³-hybridized carbons (Fsp3) is 0.529. The van der Waals surface area contributed by atoms with Gasteiger partial charge in [-0.3, -0.25) is 9.59 Å². The Morgan fingerprint density at radius 3 is 2.87 bits per heavy atom. The molecule has 1 atom stereocenters. The van der Waals surface area contributed by atoms with Gasteiger partial charge < -0.3 is 19.7 Å². The summed E-state index contributed by atoms with van der Waals surface area (Å²) in [5.41, 5.74) is 0.665. The average Bonchev–Trinajstić information content (AvgIpc) is 2.94. The summed E-state index contributed by atoms with van der Waals surface area (Å²) in [6.45, 7) is 4.38. The van der Waals surface area contributed by atoms with Crippen LogP contribution in [0.2, 0.25) is 0 Å².